The van der Waals surface area contributed by atoms with E-state index in [1.54, 1.807) is 0 Å². The lowest BCUT2D eigenvalue weighted by Gasteiger charge is -2.30. The first-order valence-electron chi connectivity index (χ1n) is 7.50. The molecule has 2 atom stereocenters. The smallest absolute Gasteiger partial charge is 0.0281 e. The van der Waals surface area contributed by atoms with E-state index in [4.69, 9.17) is 0 Å². The number of hydrogen-bond donors (Lipinski definition) is 1. The molecule has 100 valence electrons. The normalized spacial score (nSPS) is 32.8. The summed E-state index contributed by atoms with van der Waals surface area (Å²) >= 11 is 2.10. The number of rotatable bonds is 5. The maximum absolute atomic E-state index is 3.79. The Morgan fingerprint density at radius 2 is 1.94 bits per heavy atom. The highest BCUT2D eigenvalue weighted by Gasteiger charge is 2.32. The van der Waals surface area contributed by atoms with Crippen molar-refractivity contribution in [2.24, 2.45) is 11.8 Å². The summed E-state index contributed by atoms with van der Waals surface area (Å²) in [5.74, 6) is 1.93. The molecular weight excluding hydrogens is 226 g/mol. The molecule has 0 aromatic rings. The molecule has 2 aliphatic rings. The van der Waals surface area contributed by atoms with Crippen LogP contribution in [0.15, 0.2) is 0 Å². The second-order valence-electron chi connectivity index (χ2n) is 6.36. The molecule has 0 aromatic carbocycles. The molecule has 0 saturated heterocycles. The van der Waals surface area contributed by atoms with Crippen molar-refractivity contribution in [1.82, 2.24) is 5.32 Å². The highest BCUT2D eigenvalue weighted by Crippen LogP contribution is 2.39. The van der Waals surface area contributed by atoms with Crippen LogP contribution in [0.4, 0.5) is 0 Å². The maximum Gasteiger partial charge on any atom is 0.0281 e. The van der Waals surface area contributed by atoms with Crippen LogP contribution in [-0.2, 0) is 0 Å². The lowest BCUT2D eigenvalue weighted by atomic mass is 9.82. The van der Waals surface area contributed by atoms with E-state index in [1.807, 2.05) is 0 Å². The van der Waals surface area contributed by atoms with Crippen molar-refractivity contribution in [3.05, 3.63) is 0 Å². The molecule has 0 aromatic heterocycles. The third-order valence-electron chi connectivity index (χ3n) is 4.87. The molecule has 0 spiro atoms. The monoisotopic (exact) mass is 255 g/mol. The van der Waals surface area contributed by atoms with E-state index in [0.29, 0.717) is 4.75 Å². The summed E-state index contributed by atoms with van der Waals surface area (Å²) in [5.41, 5.74) is 0. The van der Waals surface area contributed by atoms with Crippen LogP contribution in [0.5, 0.6) is 0 Å². The molecular formula is C15H29NS. The van der Waals surface area contributed by atoms with Crippen molar-refractivity contribution in [1.29, 1.82) is 0 Å². The Kier molecular flexibility index (Phi) is 5.23. The molecule has 2 unspecified atom stereocenters. The minimum atomic E-state index is 0.584. The molecule has 2 saturated carbocycles. The molecule has 17 heavy (non-hydrogen) atoms. The predicted octanol–water partition coefficient (Wildman–Crippen LogP) is 4.08. The number of hydrogen-bond acceptors (Lipinski definition) is 2. The van der Waals surface area contributed by atoms with Gasteiger partial charge in [-0.25, -0.2) is 0 Å². The lowest BCUT2D eigenvalue weighted by molar-refractivity contribution is 0.272. The van der Waals surface area contributed by atoms with Crippen molar-refractivity contribution >= 4 is 11.8 Å². The zero-order valence-corrected chi connectivity index (χ0v) is 12.5. The highest BCUT2D eigenvalue weighted by atomic mass is 32.2. The molecule has 0 heterocycles. The summed E-state index contributed by atoms with van der Waals surface area (Å²) in [6, 6.07) is 0. The third-order valence-corrected chi connectivity index (χ3v) is 6.29. The minimum absolute atomic E-state index is 0.584. The van der Waals surface area contributed by atoms with Gasteiger partial charge in [0.05, 0.1) is 0 Å². The Labute approximate surface area is 112 Å². The zero-order chi connectivity index (χ0) is 12.1. The van der Waals surface area contributed by atoms with Crippen molar-refractivity contribution in [2.45, 2.75) is 63.0 Å². The Morgan fingerprint density at radius 3 is 2.59 bits per heavy atom. The van der Waals surface area contributed by atoms with E-state index in [1.165, 1.54) is 64.5 Å². The van der Waals surface area contributed by atoms with E-state index in [9.17, 15) is 0 Å². The maximum atomic E-state index is 3.79. The van der Waals surface area contributed by atoms with Gasteiger partial charge in [0.1, 0.15) is 0 Å². The predicted molar refractivity (Wildman–Crippen MR) is 78.7 cm³/mol. The van der Waals surface area contributed by atoms with Crippen LogP contribution < -0.4 is 5.32 Å². The molecule has 2 aliphatic carbocycles. The van der Waals surface area contributed by atoms with Crippen LogP contribution in [0.1, 0.15) is 58.3 Å². The van der Waals surface area contributed by atoms with Gasteiger partial charge < -0.3 is 5.32 Å². The van der Waals surface area contributed by atoms with Crippen LogP contribution in [0.25, 0.3) is 0 Å². The molecule has 0 radical (unpaired) electrons. The summed E-state index contributed by atoms with van der Waals surface area (Å²) in [4.78, 5) is 0. The van der Waals surface area contributed by atoms with Crippen LogP contribution in [0.2, 0.25) is 0 Å². The van der Waals surface area contributed by atoms with Gasteiger partial charge in [-0.2, -0.15) is 11.8 Å². The fourth-order valence-corrected chi connectivity index (χ4v) is 4.66. The van der Waals surface area contributed by atoms with E-state index in [0.717, 1.165) is 11.8 Å². The Morgan fingerprint density at radius 1 is 1.18 bits per heavy atom. The SMILES string of the molecule is CSC1(CNCC2CCCC(C)C2)CCCC1. The van der Waals surface area contributed by atoms with Gasteiger partial charge in [0.25, 0.3) is 0 Å². The van der Waals surface area contributed by atoms with E-state index in [-0.39, 0.29) is 0 Å². The molecule has 1 N–H and O–H groups in total. The first-order chi connectivity index (χ1) is 8.24. The van der Waals surface area contributed by atoms with Gasteiger partial charge in [-0.15, -0.1) is 0 Å². The van der Waals surface area contributed by atoms with Gasteiger partial charge in [0, 0.05) is 11.3 Å². The topological polar surface area (TPSA) is 12.0 Å². The number of thioether (sulfide) groups is 1. The minimum Gasteiger partial charge on any atom is -0.315 e. The average Bonchev–Trinajstić information content (AvgIpc) is 2.79. The van der Waals surface area contributed by atoms with Crippen molar-refractivity contribution in [2.75, 3.05) is 19.3 Å². The lowest BCUT2D eigenvalue weighted by Crippen LogP contribution is -2.38. The Bertz CT molecular complexity index is 223. The van der Waals surface area contributed by atoms with Crippen molar-refractivity contribution in [3.63, 3.8) is 0 Å². The van der Waals surface area contributed by atoms with E-state index in [2.05, 4.69) is 30.3 Å². The molecule has 0 bridgehead atoms. The molecule has 1 nitrogen and oxygen atoms in total. The molecule has 0 amide bonds. The summed E-state index contributed by atoms with van der Waals surface area (Å²) in [6.07, 6.45) is 13.9. The largest absolute Gasteiger partial charge is 0.315 e. The third kappa shape index (κ3) is 3.89. The van der Waals surface area contributed by atoms with Gasteiger partial charge in [-0.1, -0.05) is 32.6 Å². The van der Waals surface area contributed by atoms with Crippen LogP contribution in [-0.4, -0.2) is 24.1 Å². The number of nitrogens with one attached hydrogen (secondary N) is 1. The van der Waals surface area contributed by atoms with Crippen molar-refractivity contribution in [3.8, 4) is 0 Å². The van der Waals surface area contributed by atoms with Gasteiger partial charge in [-0.05, 0) is 50.3 Å². The van der Waals surface area contributed by atoms with Crippen LogP contribution >= 0.6 is 11.8 Å². The average molecular weight is 255 g/mol. The standard InChI is InChI=1S/C15H29NS/c1-13-6-5-7-14(10-13)11-16-12-15(17-2)8-3-4-9-15/h13-14,16H,3-12H2,1-2H3. The van der Waals surface area contributed by atoms with Gasteiger partial charge in [0.15, 0.2) is 0 Å². The van der Waals surface area contributed by atoms with Crippen LogP contribution in [0.3, 0.4) is 0 Å². The Balaban J connectivity index is 1.67. The molecule has 2 heteroatoms. The van der Waals surface area contributed by atoms with E-state index >= 15 is 0 Å². The van der Waals surface area contributed by atoms with Gasteiger partial charge in [-0.3, -0.25) is 0 Å². The van der Waals surface area contributed by atoms with Crippen LogP contribution in [0, 0.1) is 11.8 Å². The molecule has 2 rings (SSSR count). The van der Waals surface area contributed by atoms with Crippen molar-refractivity contribution < 1.29 is 0 Å². The summed E-state index contributed by atoms with van der Waals surface area (Å²) in [7, 11) is 0. The second kappa shape index (κ2) is 6.47. The fraction of sp³-hybridized carbons (Fsp3) is 1.00. The quantitative estimate of drug-likeness (QED) is 0.794. The molecule has 0 aliphatic heterocycles. The first-order valence-corrected chi connectivity index (χ1v) is 8.72. The van der Waals surface area contributed by atoms with Gasteiger partial charge in [0.2, 0.25) is 0 Å². The first kappa shape index (κ1) is 13.7. The highest BCUT2D eigenvalue weighted by molar-refractivity contribution is 8.00. The molecule has 2 fully saturated rings. The fourth-order valence-electron chi connectivity index (χ4n) is 3.72. The second-order valence-corrected chi connectivity index (χ2v) is 7.64. The Hall–Kier alpha value is 0.310. The zero-order valence-electron chi connectivity index (χ0n) is 11.6. The van der Waals surface area contributed by atoms with Gasteiger partial charge >= 0.3 is 0 Å². The summed E-state index contributed by atoms with van der Waals surface area (Å²) in [5, 5.41) is 3.79. The summed E-state index contributed by atoms with van der Waals surface area (Å²) < 4.78 is 0.584. The van der Waals surface area contributed by atoms with E-state index < -0.39 is 0 Å². The summed E-state index contributed by atoms with van der Waals surface area (Å²) in [6.45, 7) is 4.94.